The Kier molecular flexibility index (Phi) is 7.41. The lowest BCUT2D eigenvalue weighted by Gasteiger charge is -2.13. The lowest BCUT2D eigenvalue weighted by Crippen LogP contribution is -2.24. The first kappa shape index (κ1) is 16.3. The molecule has 3 atom stereocenters. The van der Waals surface area contributed by atoms with Crippen LogP contribution in [0.5, 0.6) is 0 Å². The molecule has 0 bridgehead atoms. The van der Waals surface area contributed by atoms with Crippen LogP contribution in [0.2, 0.25) is 0 Å². The maximum atomic E-state index is 6.38. The second kappa shape index (κ2) is 9.07. The Labute approximate surface area is 127 Å². The molecule has 2 N–H and O–H groups in total. The van der Waals surface area contributed by atoms with Gasteiger partial charge in [0.15, 0.2) is 0 Å². The first-order valence-electron chi connectivity index (χ1n) is 9.60. The second-order valence-electron chi connectivity index (χ2n) is 7.47. The van der Waals surface area contributed by atoms with Gasteiger partial charge in [-0.3, -0.25) is 0 Å². The van der Waals surface area contributed by atoms with E-state index in [1.165, 1.54) is 89.9 Å². The lowest BCUT2D eigenvalue weighted by atomic mass is 9.98. The fourth-order valence-electron chi connectivity index (χ4n) is 4.57. The number of fused-ring (bicyclic) bond motifs is 1. The van der Waals surface area contributed by atoms with Gasteiger partial charge in [-0.2, -0.15) is 0 Å². The predicted molar refractivity (Wildman–Crippen MR) is 88.8 cm³/mol. The van der Waals surface area contributed by atoms with Crippen LogP contribution in [0.3, 0.4) is 0 Å². The maximum absolute atomic E-state index is 6.38. The van der Waals surface area contributed by atoms with E-state index in [4.69, 9.17) is 5.73 Å². The van der Waals surface area contributed by atoms with Crippen molar-refractivity contribution < 1.29 is 0 Å². The van der Waals surface area contributed by atoms with Crippen LogP contribution in [0, 0.1) is 17.8 Å². The van der Waals surface area contributed by atoms with Crippen LogP contribution in [0.15, 0.2) is 0 Å². The predicted octanol–water partition coefficient (Wildman–Crippen LogP) is 5.67. The summed E-state index contributed by atoms with van der Waals surface area (Å²) in [4.78, 5) is 0. The Bertz CT molecular complexity index is 240. The van der Waals surface area contributed by atoms with Gasteiger partial charge >= 0.3 is 0 Å². The largest absolute Gasteiger partial charge is 0.327 e. The summed E-state index contributed by atoms with van der Waals surface area (Å²) in [5.74, 6) is 3.03. The summed E-state index contributed by atoms with van der Waals surface area (Å²) in [6.45, 7) is 2.29. The van der Waals surface area contributed by atoms with E-state index in [0.717, 1.165) is 17.8 Å². The third kappa shape index (κ3) is 5.06. The summed E-state index contributed by atoms with van der Waals surface area (Å²) in [5.41, 5.74) is 6.38. The van der Waals surface area contributed by atoms with E-state index in [1.807, 2.05) is 0 Å². The SMILES string of the molecule is CCCCCCCCCCCCC(N)C1C2CCCC21. The second-order valence-corrected chi connectivity index (χ2v) is 7.47. The minimum atomic E-state index is 0.541. The Morgan fingerprint density at radius 2 is 1.30 bits per heavy atom. The monoisotopic (exact) mass is 279 g/mol. The minimum absolute atomic E-state index is 0.541. The van der Waals surface area contributed by atoms with Crippen molar-refractivity contribution in [3.63, 3.8) is 0 Å². The zero-order valence-corrected chi connectivity index (χ0v) is 13.8. The first-order chi connectivity index (χ1) is 9.84. The molecular weight excluding hydrogens is 242 g/mol. The van der Waals surface area contributed by atoms with Gasteiger partial charge in [0.05, 0.1) is 0 Å². The molecule has 0 aromatic carbocycles. The van der Waals surface area contributed by atoms with E-state index < -0.39 is 0 Å². The van der Waals surface area contributed by atoms with Gasteiger partial charge in [0.25, 0.3) is 0 Å². The van der Waals surface area contributed by atoms with Crippen molar-refractivity contribution in [2.45, 2.75) is 103 Å². The number of unbranched alkanes of at least 4 members (excludes halogenated alkanes) is 9. The van der Waals surface area contributed by atoms with E-state index in [1.54, 1.807) is 0 Å². The average molecular weight is 280 g/mol. The third-order valence-corrected chi connectivity index (χ3v) is 5.86. The summed E-state index contributed by atoms with van der Waals surface area (Å²) < 4.78 is 0. The van der Waals surface area contributed by atoms with Crippen LogP contribution >= 0.6 is 0 Å². The zero-order valence-electron chi connectivity index (χ0n) is 13.8. The molecule has 1 heteroatoms. The molecule has 0 saturated heterocycles. The molecule has 2 aliphatic rings. The Morgan fingerprint density at radius 3 is 1.85 bits per heavy atom. The van der Waals surface area contributed by atoms with Crippen molar-refractivity contribution in [1.29, 1.82) is 0 Å². The summed E-state index contributed by atoms with van der Waals surface area (Å²) in [6.07, 6.45) is 20.1. The minimum Gasteiger partial charge on any atom is -0.327 e. The molecular formula is C19H37N. The van der Waals surface area contributed by atoms with Crippen LogP contribution in [0.25, 0.3) is 0 Å². The van der Waals surface area contributed by atoms with Crippen LogP contribution < -0.4 is 5.73 Å². The number of nitrogens with two attached hydrogens (primary N) is 1. The Hall–Kier alpha value is -0.0400. The fourth-order valence-corrected chi connectivity index (χ4v) is 4.57. The average Bonchev–Trinajstić information content (AvgIpc) is 2.94. The van der Waals surface area contributed by atoms with Crippen molar-refractivity contribution in [1.82, 2.24) is 0 Å². The number of rotatable bonds is 12. The van der Waals surface area contributed by atoms with Crippen LogP contribution in [-0.2, 0) is 0 Å². The van der Waals surface area contributed by atoms with Gasteiger partial charge in [-0.25, -0.2) is 0 Å². The van der Waals surface area contributed by atoms with Crippen molar-refractivity contribution in [2.24, 2.45) is 23.5 Å². The van der Waals surface area contributed by atoms with Crippen molar-refractivity contribution in [3.8, 4) is 0 Å². The van der Waals surface area contributed by atoms with Crippen molar-refractivity contribution >= 4 is 0 Å². The van der Waals surface area contributed by atoms with Gasteiger partial charge in [-0.05, 0) is 37.0 Å². The van der Waals surface area contributed by atoms with Gasteiger partial charge in [0.2, 0.25) is 0 Å². The highest BCUT2D eigenvalue weighted by molar-refractivity contribution is 5.05. The van der Waals surface area contributed by atoms with E-state index in [-0.39, 0.29) is 0 Å². The molecule has 2 fully saturated rings. The molecule has 0 spiro atoms. The molecule has 0 radical (unpaired) electrons. The van der Waals surface area contributed by atoms with Crippen molar-refractivity contribution in [3.05, 3.63) is 0 Å². The first-order valence-corrected chi connectivity index (χ1v) is 9.60. The molecule has 1 nitrogen and oxygen atoms in total. The molecule has 118 valence electrons. The van der Waals surface area contributed by atoms with Gasteiger partial charge in [0.1, 0.15) is 0 Å². The highest BCUT2D eigenvalue weighted by Gasteiger charge is 2.54. The molecule has 2 aliphatic carbocycles. The summed E-state index contributed by atoms with van der Waals surface area (Å²) in [5, 5.41) is 0. The van der Waals surface area contributed by atoms with Crippen LogP contribution in [-0.4, -0.2) is 6.04 Å². The molecule has 0 aliphatic heterocycles. The fraction of sp³-hybridized carbons (Fsp3) is 1.00. The lowest BCUT2D eigenvalue weighted by molar-refractivity contribution is 0.440. The summed E-state index contributed by atoms with van der Waals surface area (Å²) >= 11 is 0. The Morgan fingerprint density at radius 1 is 0.800 bits per heavy atom. The molecule has 20 heavy (non-hydrogen) atoms. The van der Waals surface area contributed by atoms with Gasteiger partial charge < -0.3 is 5.73 Å². The van der Waals surface area contributed by atoms with Gasteiger partial charge in [-0.1, -0.05) is 77.6 Å². The topological polar surface area (TPSA) is 26.0 Å². The number of hydrogen-bond donors (Lipinski definition) is 1. The molecule has 3 unspecified atom stereocenters. The van der Waals surface area contributed by atoms with Crippen LogP contribution in [0.4, 0.5) is 0 Å². The van der Waals surface area contributed by atoms with Crippen LogP contribution in [0.1, 0.15) is 96.8 Å². The highest BCUT2D eigenvalue weighted by Crippen LogP contribution is 2.59. The van der Waals surface area contributed by atoms with E-state index in [2.05, 4.69) is 6.92 Å². The quantitative estimate of drug-likeness (QED) is 0.458. The molecule has 0 heterocycles. The smallest absolute Gasteiger partial charge is 0.00726 e. The Balaban J connectivity index is 1.34. The normalized spacial score (nSPS) is 29.4. The zero-order chi connectivity index (χ0) is 14.2. The summed E-state index contributed by atoms with van der Waals surface area (Å²) in [6, 6.07) is 0.541. The molecule has 0 aromatic heterocycles. The molecule has 2 saturated carbocycles. The summed E-state index contributed by atoms with van der Waals surface area (Å²) in [7, 11) is 0. The van der Waals surface area contributed by atoms with Gasteiger partial charge in [-0.15, -0.1) is 0 Å². The maximum Gasteiger partial charge on any atom is 0.00726 e. The molecule has 2 rings (SSSR count). The van der Waals surface area contributed by atoms with E-state index >= 15 is 0 Å². The number of hydrogen-bond acceptors (Lipinski definition) is 1. The van der Waals surface area contributed by atoms with E-state index in [9.17, 15) is 0 Å². The standard InChI is InChI=1S/C19H37N/c1-2-3-4-5-6-7-8-9-10-11-15-18(20)19-16-13-12-14-17(16)19/h16-19H,2-15,20H2,1H3. The molecule has 0 aromatic rings. The third-order valence-electron chi connectivity index (χ3n) is 5.86. The molecule has 0 amide bonds. The van der Waals surface area contributed by atoms with Gasteiger partial charge in [0, 0.05) is 6.04 Å². The highest BCUT2D eigenvalue weighted by atomic mass is 14.7. The van der Waals surface area contributed by atoms with Crippen molar-refractivity contribution in [2.75, 3.05) is 0 Å². The van der Waals surface area contributed by atoms with E-state index in [0.29, 0.717) is 6.04 Å².